The highest BCUT2D eigenvalue weighted by atomic mass is 127. The van der Waals surface area contributed by atoms with Crippen LogP contribution >= 0.6 is 33.9 Å². The van der Waals surface area contributed by atoms with Gasteiger partial charge in [-0.1, -0.05) is 0 Å². The Morgan fingerprint density at radius 3 is 2.86 bits per heavy atom. The Labute approximate surface area is 99.0 Å². The first-order valence-electron chi connectivity index (χ1n) is 3.96. The lowest BCUT2D eigenvalue weighted by Gasteiger charge is -1.95. The Hall–Kier alpha value is -0.530. The summed E-state index contributed by atoms with van der Waals surface area (Å²) in [5.41, 5.74) is 1.84. The molecular formula is C9H7IN2OS. The molecule has 2 aromatic heterocycles. The fourth-order valence-electron chi connectivity index (χ4n) is 1.06. The molecule has 0 saturated carbocycles. The minimum absolute atomic E-state index is 0.0820. The molecule has 0 aliphatic carbocycles. The van der Waals surface area contributed by atoms with Gasteiger partial charge in [-0.3, -0.25) is 0 Å². The summed E-state index contributed by atoms with van der Waals surface area (Å²) in [5, 5.41) is 10.9. The molecule has 1 N–H and O–H groups in total. The molecule has 5 heteroatoms. The second kappa shape index (κ2) is 4.33. The minimum atomic E-state index is 0.0820. The third-order valence-electron chi connectivity index (χ3n) is 1.72. The van der Waals surface area contributed by atoms with E-state index in [9.17, 15) is 0 Å². The number of hydrogen-bond acceptors (Lipinski definition) is 4. The van der Waals surface area contributed by atoms with E-state index in [0.29, 0.717) is 0 Å². The van der Waals surface area contributed by atoms with Crippen molar-refractivity contribution in [3.05, 3.63) is 33.1 Å². The van der Waals surface area contributed by atoms with Crippen molar-refractivity contribution in [2.75, 3.05) is 0 Å². The van der Waals surface area contributed by atoms with Crippen LogP contribution in [-0.2, 0) is 6.61 Å². The highest BCUT2D eigenvalue weighted by Crippen LogP contribution is 2.25. The predicted octanol–water partition coefficient (Wildman–Crippen LogP) is 2.30. The van der Waals surface area contributed by atoms with Gasteiger partial charge in [0.15, 0.2) is 0 Å². The van der Waals surface area contributed by atoms with Crippen molar-refractivity contribution < 1.29 is 5.11 Å². The van der Waals surface area contributed by atoms with Crippen molar-refractivity contribution >= 4 is 33.9 Å². The van der Waals surface area contributed by atoms with Gasteiger partial charge >= 0.3 is 0 Å². The topological polar surface area (TPSA) is 46.0 Å². The molecular weight excluding hydrogens is 311 g/mol. The summed E-state index contributed by atoms with van der Waals surface area (Å²) in [6.07, 6.45) is 1.55. The average molecular weight is 318 g/mol. The summed E-state index contributed by atoms with van der Waals surface area (Å²) >= 11 is 3.73. The zero-order valence-electron chi connectivity index (χ0n) is 7.14. The summed E-state index contributed by atoms with van der Waals surface area (Å²) in [5.74, 6) is 0. The predicted molar refractivity (Wildman–Crippen MR) is 64.0 cm³/mol. The molecule has 3 nitrogen and oxygen atoms in total. The third-order valence-corrected chi connectivity index (χ3v) is 3.31. The number of rotatable bonds is 2. The molecule has 0 atom stereocenters. The first kappa shape index (κ1) is 10.0. The van der Waals surface area contributed by atoms with Gasteiger partial charge in [0.25, 0.3) is 0 Å². The maximum Gasteiger partial charge on any atom is 0.117 e. The summed E-state index contributed by atoms with van der Waals surface area (Å²) < 4.78 is 0.923. The Morgan fingerprint density at radius 2 is 2.21 bits per heavy atom. The zero-order valence-corrected chi connectivity index (χ0v) is 10.1. The van der Waals surface area contributed by atoms with Crippen LogP contribution in [-0.4, -0.2) is 15.1 Å². The molecule has 0 amide bonds. The van der Waals surface area contributed by atoms with Crippen molar-refractivity contribution in [3.63, 3.8) is 0 Å². The number of nitrogens with zero attached hydrogens (tertiary/aromatic N) is 2. The minimum Gasteiger partial charge on any atom is -0.392 e. The Morgan fingerprint density at radius 1 is 1.36 bits per heavy atom. The summed E-state index contributed by atoms with van der Waals surface area (Å²) in [7, 11) is 0. The van der Waals surface area contributed by atoms with Gasteiger partial charge in [-0.25, -0.2) is 9.97 Å². The maximum atomic E-state index is 8.92. The van der Waals surface area contributed by atoms with Gasteiger partial charge in [0, 0.05) is 0 Å². The van der Waals surface area contributed by atoms with Crippen LogP contribution in [0.3, 0.4) is 0 Å². The van der Waals surface area contributed by atoms with Gasteiger partial charge in [-0.15, -0.1) is 11.3 Å². The quantitative estimate of drug-likeness (QED) is 0.683. The standard InChI is InChI=1S/C9H7IN2OS/c10-9-2-7(11-5-12-9)8-1-6(3-13)4-14-8/h1-2,4-5,13H,3H2. The number of aliphatic hydroxyl groups is 1. The van der Waals surface area contributed by atoms with E-state index in [1.54, 1.807) is 17.7 Å². The van der Waals surface area contributed by atoms with Crippen molar-refractivity contribution in [3.8, 4) is 10.6 Å². The second-order valence-electron chi connectivity index (χ2n) is 2.70. The Kier molecular flexibility index (Phi) is 3.09. The van der Waals surface area contributed by atoms with Crippen LogP contribution < -0.4 is 0 Å². The maximum absolute atomic E-state index is 8.92. The lowest BCUT2D eigenvalue weighted by Crippen LogP contribution is -1.85. The van der Waals surface area contributed by atoms with Gasteiger partial charge in [0.05, 0.1) is 17.2 Å². The van der Waals surface area contributed by atoms with Crippen molar-refractivity contribution in [1.82, 2.24) is 9.97 Å². The van der Waals surface area contributed by atoms with Crippen LogP contribution in [0.1, 0.15) is 5.56 Å². The van der Waals surface area contributed by atoms with Crippen LogP contribution in [0.4, 0.5) is 0 Å². The van der Waals surface area contributed by atoms with Crippen molar-refractivity contribution in [2.45, 2.75) is 6.61 Å². The molecule has 0 aliphatic rings. The monoisotopic (exact) mass is 318 g/mol. The van der Waals surface area contributed by atoms with Crippen LogP contribution in [0.5, 0.6) is 0 Å². The number of halogens is 1. The summed E-state index contributed by atoms with van der Waals surface area (Å²) in [6.45, 7) is 0.0820. The number of thiophene rings is 1. The average Bonchev–Trinajstić information content (AvgIpc) is 2.66. The van der Waals surface area contributed by atoms with Crippen LogP contribution in [0.25, 0.3) is 10.6 Å². The molecule has 0 saturated heterocycles. The molecule has 14 heavy (non-hydrogen) atoms. The Bertz CT molecular complexity index is 444. The fourth-order valence-corrected chi connectivity index (χ4v) is 2.35. The van der Waals surface area contributed by atoms with E-state index in [4.69, 9.17) is 5.11 Å². The number of aliphatic hydroxyl groups excluding tert-OH is 1. The van der Waals surface area contributed by atoms with Crippen LogP contribution in [0.2, 0.25) is 0 Å². The molecule has 0 aromatic carbocycles. The van der Waals surface area contributed by atoms with Crippen molar-refractivity contribution in [2.24, 2.45) is 0 Å². The Balaban J connectivity index is 2.39. The molecule has 0 radical (unpaired) electrons. The molecule has 0 bridgehead atoms. The zero-order chi connectivity index (χ0) is 9.97. The number of aromatic nitrogens is 2. The summed E-state index contributed by atoms with van der Waals surface area (Å²) in [6, 6.07) is 3.87. The molecule has 0 aliphatic heterocycles. The molecule has 2 rings (SSSR count). The highest BCUT2D eigenvalue weighted by Gasteiger charge is 2.03. The van der Waals surface area contributed by atoms with E-state index in [2.05, 4.69) is 32.6 Å². The molecule has 0 fully saturated rings. The van der Waals surface area contributed by atoms with Gasteiger partial charge in [-0.05, 0) is 45.7 Å². The molecule has 2 heterocycles. The van der Waals surface area contributed by atoms with Crippen LogP contribution in [0, 0.1) is 3.70 Å². The van der Waals surface area contributed by atoms with E-state index < -0.39 is 0 Å². The fraction of sp³-hybridized carbons (Fsp3) is 0.111. The second-order valence-corrected chi connectivity index (χ2v) is 4.72. The van der Waals surface area contributed by atoms with Crippen molar-refractivity contribution in [1.29, 1.82) is 0 Å². The van der Waals surface area contributed by atoms with E-state index >= 15 is 0 Å². The summed E-state index contributed by atoms with van der Waals surface area (Å²) in [4.78, 5) is 9.26. The van der Waals surface area contributed by atoms with E-state index in [0.717, 1.165) is 19.8 Å². The van der Waals surface area contributed by atoms with Crippen LogP contribution in [0.15, 0.2) is 23.8 Å². The number of hydrogen-bond donors (Lipinski definition) is 1. The van der Waals surface area contributed by atoms with Gasteiger partial charge in [0.1, 0.15) is 10.0 Å². The first-order chi connectivity index (χ1) is 6.79. The first-order valence-corrected chi connectivity index (χ1v) is 5.91. The lowest BCUT2D eigenvalue weighted by molar-refractivity contribution is 0.282. The molecule has 72 valence electrons. The molecule has 0 spiro atoms. The van der Waals surface area contributed by atoms with E-state index in [1.807, 2.05) is 17.5 Å². The smallest absolute Gasteiger partial charge is 0.117 e. The van der Waals surface area contributed by atoms with E-state index in [-0.39, 0.29) is 6.61 Å². The van der Waals surface area contributed by atoms with Gasteiger partial charge in [0.2, 0.25) is 0 Å². The van der Waals surface area contributed by atoms with E-state index in [1.165, 1.54) is 0 Å². The largest absolute Gasteiger partial charge is 0.392 e. The normalized spacial score (nSPS) is 10.4. The third kappa shape index (κ3) is 2.10. The van der Waals surface area contributed by atoms with Gasteiger partial charge in [-0.2, -0.15) is 0 Å². The lowest BCUT2D eigenvalue weighted by atomic mass is 10.3. The molecule has 2 aromatic rings. The highest BCUT2D eigenvalue weighted by molar-refractivity contribution is 14.1. The SMILES string of the molecule is OCc1csc(-c2cc(I)ncn2)c1. The van der Waals surface area contributed by atoms with Gasteiger partial charge < -0.3 is 5.11 Å². The molecule has 0 unspecified atom stereocenters.